The van der Waals surface area contributed by atoms with Gasteiger partial charge in [0, 0.05) is 19.8 Å². The molecule has 90 valence electrons. The molecule has 1 amide bonds. The van der Waals surface area contributed by atoms with Crippen molar-refractivity contribution in [3.8, 4) is 0 Å². The van der Waals surface area contributed by atoms with Crippen LogP contribution in [0.4, 0.5) is 0 Å². The van der Waals surface area contributed by atoms with Crippen molar-refractivity contribution in [1.82, 2.24) is 5.32 Å². The van der Waals surface area contributed by atoms with E-state index in [1.807, 2.05) is 6.92 Å². The van der Waals surface area contributed by atoms with E-state index in [1.54, 1.807) is 0 Å². The lowest BCUT2D eigenvalue weighted by atomic mass is 9.92. The van der Waals surface area contributed by atoms with Gasteiger partial charge in [-0.25, -0.2) is 0 Å². The molecule has 0 aromatic rings. The number of nitrogens with two attached hydrogens (primary N) is 1. The van der Waals surface area contributed by atoms with Gasteiger partial charge in [0.05, 0.1) is 6.04 Å². The van der Waals surface area contributed by atoms with Crippen molar-refractivity contribution in [2.45, 2.75) is 32.2 Å². The van der Waals surface area contributed by atoms with Crippen molar-refractivity contribution >= 4 is 18.3 Å². The summed E-state index contributed by atoms with van der Waals surface area (Å²) in [5, 5.41) is 2.82. The summed E-state index contributed by atoms with van der Waals surface area (Å²) in [7, 11) is 0. The molecule has 1 aliphatic rings. The second kappa shape index (κ2) is 7.91. The lowest BCUT2D eigenvalue weighted by Gasteiger charge is -2.26. The minimum absolute atomic E-state index is 0. The molecule has 0 spiro atoms. The summed E-state index contributed by atoms with van der Waals surface area (Å²) in [6.45, 7) is 4.22. The fourth-order valence-electron chi connectivity index (χ4n) is 1.66. The number of rotatable bonds is 4. The lowest BCUT2D eigenvalue weighted by molar-refractivity contribution is -0.124. The molecule has 0 bridgehead atoms. The van der Waals surface area contributed by atoms with Gasteiger partial charge < -0.3 is 15.8 Å². The van der Waals surface area contributed by atoms with Crippen molar-refractivity contribution in [1.29, 1.82) is 0 Å². The number of hydrogen-bond donors (Lipinski definition) is 2. The van der Waals surface area contributed by atoms with Crippen LogP contribution in [0.5, 0.6) is 0 Å². The van der Waals surface area contributed by atoms with Crippen LogP contribution in [0.25, 0.3) is 0 Å². The summed E-state index contributed by atoms with van der Waals surface area (Å²) >= 11 is 0. The van der Waals surface area contributed by atoms with E-state index in [0.29, 0.717) is 5.92 Å². The summed E-state index contributed by atoms with van der Waals surface area (Å²) in [5.41, 5.74) is 5.87. The third-order valence-corrected chi connectivity index (χ3v) is 2.63. The molecule has 5 heteroatoms. The normalized spacial score (nSPS) is 19.1. The highest BCUT2D eigenvalue weighted by molar-refractivity contribution is 5.85. The number of halogens is 1. The van der Waals surface area contributed by atoms with Crippen LogP contribution in [-0.2, 0) is 9.53 Å². The van der Waals surface area contributed by atoms with Crippen LogP contribution >= 0.6 is 12.4 Å². The Morgan fingerprint density at radius 2 is 2.13 bits per heavy atom. The quantitative estimate of drug-likeness (QED) is 0.755. The summed E-state index contributed by atoms with van der Waals surface area (Å²) in [6, 6.07) is -0.356. The molecule has 15 heavy (non-hydrogen) atoms. The van der Waals surface area contributed by atoms with Crippen LogP contribution < -0.4 is 11.1 Å². The van der Waals surface area contributed by atoms with Gasteiger partial charge >= 0.3 is 0 Å². The first kappa shape index (κ1) is 14.7. The molecule has 1 aliphatic heterocycles. The van der Waals surface area contributed by atoms with Gasteiger partial charge in [-0.15, -0.1) is 12.4 Å². The summed E-state index contributed by atoms with van der Waals surface area (Å²) in [6.07, 6.45) is 2.76. The summed E-state index contributed by atoms with van der Waals surface area (Å²) in [5.74, 6) is 0.277. The molecule has 0 saturated carbocycles. The van der Waals surface area contributed by atoms with E-state index in [0.717, 1.165) is 39.0 Å². The third-order valence-electron chi connectivity index (χ3n) is 2.63. The fourth-order valence-corrected chi connectivity index (χ4v) is 1.66. The van der Waals surface area contributed by atoms with Crippen LogP contribution in [0, 0.1) is 5.92 Å². The van der Waals surface area contributed by atoms with E-state index < -0.39 is 0 Å². The van der Waals surface area contributed by atoms with Crippen LogP contribution in [0.1, 0.15) is 26.2 Å². The predicted octanol–water partition coefficient (Wildman–Crippen LogP) is 0.688. The Morgan fingerprint density at radius 3 is 2.67 bits per heavy atom. The van der Waals surface area contributed by atoms with E-state index in [2.05, 4.69) is 5.32 Å². The average molecular weight is 237 g/mol. The minimum Gasteiger partial charge on any atom is -0.381 e. The average Bonchev–Trinajstić information content (AvgIpc) is 2.26. The first-order chi connectivity index (χ1) is 6.75. The van der Waals surface area contributed by atoms with Crippen LogP contribution in [0.3, 0.4) is 0 Å². The van der Waals surface area contributed by atoms with Crippen molar-refractivity contribution in [3.63, 3.8) is 0 Å². The highest BCUT2D eigenvalue weighted by Crippen LogP contribution is 2.17. The highest BCUT2D eigenvalue weighted by Gasteiger charge is 2.25. The van der Waals surface area contributed by atoms with E-state index in [4.69, 9.17) is 10.5 Å². The summed E-state index contributed by atoms with van der Waals surface area (Å²) < 4.78 is 5.22. The van der Waals surface area contributed by atoms with E-state index in [-0.39, 0.29) is 24.4 Å². The number of carbonyl (C=O) groups is 1. The molecule has 4 nitrogen and oxygen atoms in total. The topological polar surface area (TPSA) is 64.4 Å². The molecule has 1 fully saturated rings. The van der Waals surface area contributed by atoms with Gasteiger partial charge in [0.2, 0.25) is 5.91 Å². The second-order valence-corrected chi connectivity index (χ2v) is 3.77. The molecule has 0 aliphatic carbocycles. The first-order valence-corrected chi connectivity index (χ1v) is 5.36. The predicted molar refractivity (Wildman–Crippen MR) is 62.1 cm³/mol. The maximum absolute atomic E-state index is 11.5. The van der Waals surface area contributed by atoms with Crippen LogP contribution in [0.2, 0.25) is 0 Å². The summed E-state index contributed by atoms with van der Waals surface area (Å²) in [4.78, 5) is 11.5. The van der Waals surface area contributed by atoms with Crippen molar-refractivity contribution in [2.24, 2.45) is 11.7 Å². The molecule has 0 radical (unpaired) electrons. The number of amides is 1. The Bertz CT molecular complexity index is 184. The molecule has 0 aromatic heterocycles. The molecule has 1 saturated heterocycles. The first-order valence-electron chi connectivity index (χ1n) is 5.36. The van der Waals surface area contributed by atoms with Gasteiger partial charge in [-0.05, 0) is 25.2 Å². The number of nitrogens with one attached hydrogen (secondary N) is 1. The van der Waals surface area contributed by atoms with Gasteiger partial charge in [-0.1, -0.05) is 6.92 Å². The largest absolute Gasteiger partial charge is 0.381 e. The number of hydrogen-bond acceptors (Lipinski definition) is 3. The smallest absolute Gasteiger partial charge is 0.237 e. The van der Waals surface area contributed by atoms with Crippen molar-refractivity contribution < 1.29 is 9.53 Å². The van der Waals surface area contributed by atoms with Crippen LogP contribution in [0.15, 0.2) is 0 Å². The van der Waals surface area contributed by atoms with Gasteiger partial charge in [0.1, 0.15) is 0 Å². The molecule has 1 atom stereocenters. The third kappa shape index (κ3) is 4.82. The molecule has 1 heterocycles. The Labute approximate surface area is 97.3 Å². The standard InChI is InChI=1S/C10H20N2O2.ClH/c1-2-5-12-10(13)9(11)8-3-6-14-7-4-8;/h8-9H,2-7,11H2,1H3,(H,12,13);1H. The molecule has 1 rings (SSSR count). The molecule has 3 N–H and O–H groups in total. The van der Waals surface area contributed by atoms with Gasteiger partial charge in [-0.2, -0.15) is 0 Å². The number of carbonyl (C=O) groups excluding carboxylic acids is 1. The van der Waals surface area contributed by atoms with Crippen LogP contribution in [-0.4, -0.2) is 31.7 Å². The Kier molecular flexibility index (Phi) is 7.74. The van der Waals surface area contributed by atoms with Crippen molar-refractivity contribution in [3.05, 3.63) is 0 Å². The van der Waals surface area contributed by atoms with Crippen molar-refractivity contribution in [2.75, 3.05) is 19.8 Å². The minimum atomic E-state index is -0.356. The van der Waals surface area contributed by atoms with E-state index >= 15 is 0 Å². The zero-order valence-electron chi connectivity index (χ0n) is 9.20. The van der Waals surface area contributed by atoms with Gasteiger partial charge in [0.25, 0.3) is 0 Å². The maximum Gasteiger partial charge on any atom is 0.237 e. The SMILES string of the molecule is CCCNC(=O)C(N)C1CCOCC1.Cl. The van der Waals surface area contributed by atoms with E-state index in [1.165, 1.54) is 0 Å². The molecular formula is C10H21ClN2O2. The second-order valence-electron chi connectivity index (χ2n) is 3.77. The Morgan fingerprint density at radius 1 is 1.53 bits per heavy atom. The van der Waals surface area contributed by atoms with Gasteiger partial charge in [-0.3, -0.25) is 4.79 Å². The monoisotopic (exact) mass is 236 g/mol. The highest BCUT2D eigenvalue weighted by atomic mass is 35.5. The zero-order valence-corrected chi connectivity index (χ0v) is 10.0. The molecular weight excluding hydrogens is 216 g/mol. The van der Waals surface area contributed by atoms with E-state index in [9.17, 15) is 4.79 Å². The Hall–Kier alpha value is -0.320. The van der Waals surface area contributed by atoms with Gasteiger partial charge in [0.15, 0.2) is 0 Å². The lowest BCUT2D eigenvalue weighted by Crippen LogP contribution is -2.47. The molecule has 1 unspecified atom stereocenters. The number of ether oxygens (including phenoxy) is 1. The fraction of sp³-hybridized carbons (Fsp3) is 0.900. The Balaban J connectivity index is 0.00000196. The maximum atomic E-state index is 11.5. The molecule has 0 aromatic carbocycles. The zero-order chi connectivity index (χ0) is 10.4.